The number of nitrogens with one attached hydrogen (secondary N) is 1. The topological polar surface area (TPSA) is 60.3 Å². The molecule has 29 heavy (non-hydrogen) atoms. The number of rotatable bonds is 4. The summed E-state index contributed by atoms with van der Waals surface area (Å²) >= 11 is 3.60. The van der Waals surface area contributed by atoms with Crippen LogP contribution in [-0.4, -0.2) is 48.5 Å². The van der Waals surface area contributed by atoms with E-state index in [4.69, 9.17) is 4.99 Å². The van der Waals surface area contributed by atoms with Crippen molar-refractivity contribution >= 4 is 63.5 Å². The van der Waals surface area contributed by atoms with Crippen molar-refractivity contribution in [2.75, 3.05) is 26.0 Å². The number of hydrogen-bond donors (Lipinski definition) is 1. The average molecular weight is 475 g/mol. The third kappa shape index (κ3) is 4.58. The summed E-state index contributed by atoms with van der Waals surface area (Å²) in [7, 11) is 3.92. The van der Waals surface area contributed by atoms with Gasteiger partial charge in [-0.05, 0) is 44.4 Å². The van der Waals surface area contributed by atoms with Crippen molar-refractivity contribution in [2.45, 2.75) is 6.54 Å². The Morgan fingerprint density at radius 3 is 2.90 bits per heavy atom. The first-order valence-corrected chi connectivity index (χ1v) is 9.74. The van der Waals surface area contributed by atoms with E-state index in [-0.39, 0.29) is 18.3 Å². The monoisotopic (exact) mass is 473 g/mol. The van der Waals surface area contributed by atoms with Gasteiger partial charge in [-0.15, -0.1) is 12.4 Å². The van der Waals surface area contributed by atoms with E-state index < -0.39 is 0 Å². The van der Waals surface area contributed by atoms with Crippen LogP contribution in [0.4, 0.5) is 17.1 Å². The number of hydrogen-bond acceptors (Lipinski definition) is 5. The summed E-state index contributed by atoms with van der Waals surface area (Å²) in [4.78, 5) is 25.6. The van der Waals surface area contributed by atoms with E-state index in [1.54, 1.807) is 6.08 Å². The molecule has 8 heteroatoms. The second-order valence-electron chi connectivity index (χ2n) is 6.93. The minimum atomic E-state index is -0.155. The molecule has 0 saturated carbocycles. The van der Waals surface area contributed by atoms with E-state index in [9.17, 15) is 4.79 Å². The van der Waals surface area contributed by atoms with E-state index >= 15 is 0 Å². The molecule has 6 nitrogen and oxygen atoms in total. The molecule has 4 rings (SSSR count). The molecule has 2 aliphatic heterocycles. The predicted octanol–water partition coefficient (Wildman–Crippen LogP) is 4.49. The Balaban J connectivity index is 0.00000240. The highest BCUT2D eigenvalue weighted by Crippen LogP contribution is 2.36. The maximum atomic E-state index is 12.2. The maximum Gasteiger partial charge on any atom is 0.248 e. The molecule has 2 heterocycles. The average Bonchev–Trinajstić information content (AvgIpc) is 2.67. The highest BCUT2D eigenvalue weighted by atomic mass is 79.9. The highest BCUT2D eigenvalue weighted by Gasteiger charge is 2.26. The van der Waals surface area contributed by atoms with E-state index in [2.05, 4.69) is 26.2 Å². The lowest BCUT2D eigenvalue weighted by atomic mass is 10.0. The molecule has 1 amide bonds. The summed E-state index contributed by atoms with van der Waals surface area (Å²) in [6.45, 7) is 1.41. The number of aliphatic imine (C=N–C) groups is 2. The fraction of sp³-hybridized carbons (Fsp3) is 0.190. The number of carbonyl (C=O) groups excluding carboxylic acids is 1. The summed E-state index contributed by atoms with van der Waals surface area (Å²) in [6, 6.07) is 11.7. The fourth-order valence-corrected chi connectivity index (χ4v) is 3.62. The molecule has 0 saturated heterocycles. The van der Waals surface area contributed by atoms with Crippen LogP contribution in [0.5, 0.6) is 0 Å². The van der Waals surface area contributed by atoms with Gasteiger partial charge in [-0.2, -0.15) is 0 Å². The number of benzene rings is 2. The zero-order chi connectivity index (χ0) is 19.7. The molecule has 2 aliphatic rings. The van der Waals surface area contributed by atoms with Gasteiger partial charge < -0.3 is 15.1 Å². The smallest absolute Gasteiger partial charge is 0.248 e. The van der Waals surface area contributed by atoms with Crippen molar-refractivity contribution in [1.82, 2.24) is 9.80 Å². The number of likely N-dealkylation sites (N-methyl/N-ethyl adjacent to an activating group) is 1. The minimum absolute atomic E-state index is 0. The van der Waals surface area contributed by atoms with Gasteiger partial charge in [-0.3, -0.25) is 4.79 Å². The summed E-state index contributed by atoms with van der Waals surface area (Å²) in [6.07, 6.45) is 5.20. The normalized spacial score (nSPS) is 14.1. The van der Waals surface area contributed by atoms with E-state index in [1.807, 2.05) is 72.7 Å². The van der Waals surface area contributed by atoms with Gasteiger partial charge in [-0.25, -0.2) is 9.98 Å². The van der Waals surface area contributed by atoms with Gasteiger partial charge in [0.2, 0.25) is 5.91 Å². The molecular formula is C21H21BrClN5O. The molecule has 2 aromatic rings. The first-order chi connectivity index (χ1) is 13.5. The molecule has 0 spiro atoms. The zero-order valence-corrected chi connectivity index (χ0v) is 18.5. The Labute approximate surface area is 184 Å². The molecule has 0 radical (unpaired) electrons. The maximum absolute atomic E-state index is 12.2. The molecule has 0 bridgehead atoms. The molecule has 150 valence electrons. The summed E-state index contributed by atoms with van der Waals surface area (Å²) in [5.74, 6) is 0.688. The second kappa shape index (κ2) is 8.90. The zero-order valence-electron chi connectivity index (χ0n) is 16.1. The van der Waals surface area contributed by atoms with Crippen LogP contribution in [0.15, 0.2) is 63.0 Å². The largest absolute Gasteiger partial charge is 0.322 e. The summed E-state index contributed by atoms with van der Waals surface area (Å²) < 4.78 is 1.04. The van der Waals surface area contributed by atoms with Gasteiger partial charge in [0.1, 0.15) is 5.84 Å². The van der Waals surface area contributed by atoms with Crippen LogP contribution < -0.4 is 5.32 Å². The first-order valence-electron chi connectivity index (χ1n) is 8.95. The third-order valence-electron chi connectivity index (χ3n) is 4.50. The Morgan fingerprint density at radius 1 is 1.28 bits per heavy atom. The summed E-state index contributed by atoms with van der Waals surface area (Å²) in [5.41, 5.74) is 4.55. The van der Waals surface area contributed by atoms with Gasteiger partial charge in [0.05, 0.1) is 24.3 Å². The van der Waals surface area contributed by atoms with Crippen molar-refractivity contribution in [3.05, 3.63) is 64.1 Å². The Bertz CT molecular complexity index is 1030. The van der Waals surface area contributed by atoms with Gasteiger partial charge in [0.25, 0.3) is 0 Å². The number of amidine groups is 1. The third-order valence-corrected chi connectivity index (χ3v) is 5.24. The minimum Gasteiger partial charge on any atom is -0.322 e. The van der Waals surface area contributed by atoms with E-state index in [0.717, 1.165) is 38.5 Å². The second-order valence-corrected chi connectivity index (χ2v) is 7.79. The summed E-state index contributed by atoms with van der Waals surface area (Å²) in [5, 5.41) is 2.91. The fourth-order valence-electron chi connectivity index (χ4n) is 3.13. The van der Waals surface area contributed by atoms with Crippen molar-refractivity contribution in [2.24, 2.45) is 9.98 Å². The van der Waals surface area contributed by atoms with Crippen LogP contribution in [-0.2, 0) is 11.3 Å². The van der Waals surface area contributed by atoms with Crippen molar-refractivity contribution in [3.63, 3.8) is 0 Å². The number of halogens is 2. The van der Waals surface area contributed by atoms with Gasteiger partial charge in [0.15, 0.2) is 0 Å². The van der Waals surface area contributed by atoms with Crippen LogP contribution in [0.25, 0.3) is 0 Å². The van der Waals surface area contributed by atoms with Gasteiger partial charge in [-0.1, -0.05) is 28.1 Å². The van der Waals surface area contributed by atoms with E-state index in [1.165, 1.54) is 0 Å². The highest BCUT2D eigenvalue weighted by molar-refractivity contribution is 9.10. The molecule has 2 aromatic carbocycles. The molecule has 0 aromatic heterocycles. The van der Waals surface area contributed by atoms with Crippen molar-refractivity contribution in [1.29, 1.82) is 0 Å². The quantitative estimate of drug-likeness (QED) is 0.664. The SMILES string of the molecule is CN(C)C/C=C/C(=O)Nc1ccc2c(c1)C1=Nc3cccc(Br)c3CN1C=N2.Cl. The van der Waals surface area contributed by atoms with E-state index in [0.29, 0.717) is 13.1 Å². The molecule has 0 atom stereocenters. The van der Waals surface area contributed by atoms with Crippen molar-refractivity contribution < 1.29 is 4.79 Å². The lowest BCUT2D eigenvalue weighted by Crippen LogP contribution is -2.34. The number of amides is 1. The Kier molecular flexibility index (Phi) is 6.52. The molecule has 0 aliphatic carbocycles. The number of carbonyl (C=O) groups is 1. The van der Waals surface area contributed by atoms with Crippen LogP contribution in [0.1, 0.15) is 11.1 Å². The van der Waals surface area contributed by atoms with Crippen LogP contribution >= 0.6 is 28.3 Å². The number of nitrogens with zero attached hydrogens (tertiary/aromatic N) is 4. The Hall–Kier alpha value is -2.48. The molecular weight excluding hydrogens is 454 g/mol. The standard InChI is InChI=1S/C21H20BrN5O.ClH/c1-26(2)10-4-7-20(28)24-14-8-9-18-15(11-14)21-25-19-6-3-5-17(22)16(19)12-27(21)13-23-18;/h3-9,11,13H,10,12H2,1-2H3,(H,24,28);1H/b7-4+;. The van der Waals surface area contributed by atoms with Crippen LogP contribution in [0.3, 0.4) is 0 Å². The lowest BCUT2D eigenvalue weighted by molar-refractivity contribution is -0.111. The molecule has 0 fully saturated rings. The number of anilines is 1. The van der Waals surface area contributed by atoms with Crippen LogP contribution in [0, 0.1) is 0 Å². The predicted molar refractivity (Wildman–Crippen MR) is 124 cm³/mol. The van der Waals surface area contributed by atoms with Gasteiger partial charge >= 0.3 is 0 Å². The molecule has 0 unspecified atom stereocenters. The lowest BCUT2D eigenvalue weighted by Gasteiger charge is -2.31. The van der Waals surface area contributed by atoms with Gasteiger partial charge in [0, 0.05) is 33.9 Å². The first kappa shape index (κ1) is 21.2. The number of fused-ring (bicyclic) bond motifs is 4. The van der Waals surface area contributed by atoms with Crippen LogP contribution in [0.2, 0.25) is 0 Å². The molecule has 1 N–H and O–H groups in total. The van der Waals surface area contributed by atoms with Crippen molar-refractivity contribution in [3.8, 4) is 0 Å². The Morgan fingerprint density at radius 2 is 2.10 bits per heavy atom.